The summed E-state index contributed by atoms with van der Waals surface area (Å²) in [6.45, 7) is 0. The lowest BCUT2D eigenvalue weighted by atomic mass is 9.76. The number of ether oxygens (including phenoxy) is 1. The van der Waals surface area contributed by atoms with E-state index < -0.39 is 36.3 Å². The number of hydrogen-bond donors (Lipinski definition) is 0. The average Bonchev–Trinajstić information content (AvgIpc) is 2.21. The summed E-state index contributed by atoms with van der Waals surface area (Å²) in [5.41, 5.74) is 0. The summed E-state index contributed by atoms with van der Waals surface area (Å²) < 4.78 is 28.6. The van der Waals surface area contributed by atoms with Crippen LogP contribution < -0.4 is 0 Å². The van der Waals surface area contributed by atoms with Gasteiger partial charge in [0.25, 0.3) is 6.43 Å². The van der Waals surface area contributed by atoms with E-state index in [4.69, 9.17) is 0 Å². The molecular weight excluding hydrogens is 234 g/mol. The van der Waals surface area contributed by atoms with Gasteiger partial charge in [-0.3, -0.25) is 14.4 Å². The minimum atomic E-state index is -3.16. The molecule has 0 aliphatic heterocycles. The van der Waals surface area contributed by atoms with Crippen molar-refractivity contribution < 1.29 is 27.9 Å². The third kappa shape index (κ3) is 3.31. The van der Waals surface area contributed by atoms with E-state index in [1.807, 2.05) is 0 Å². The molecule has 1 unspecified atom stereocenters. The topological polar surface area (TPSA) is 60.4 Å². The van der Waals surface area contributed by atoms with E-state index in [0.29, 0.717) is 12.8 Å². The molecule has 0 radical (unpaired) electrons. The van der Waals surface area contributed by atoms with Crippen molar-refractivity contribution in [2.45, 2.75) is 32.1 Å². The Morgan fingerprint density at radius 1 is 1.29 bits per heavy atom. The normalized spacial score (nSPS) is 17.4. The predicted molar refractivity (Wildman–Crippen MR) is 53.5 cm³/mol. The Kier molecular flexibility index (Phi) is 4.72. The minimum absolute atomic E-state index is 0.287. The Bertz CT molecular complexity index is 323. The molecule has 1 aliphatic rings. The number of Topliss-reactive ketones (excluding diaryl/α,β-unsaturated/α-hetero) is 2. The van der Waals surface area contributed by atoms with Gasteiger partial charge in [-0.15, -0.1) is 0 Å². The van der Waals surface area contributed by atoms with Gasteiger partial charge >= 0.3 is 5.97 Å². The molecule has 0 heterocycles. The van der Waals surface area contributed by atoms with Crippen molar-refractivity contribution in [3.63, 3.8) is 0 Å². The highest BCUT2D eigenvalue weighted by atomic mass is 19.3. The second-order valence-electron chi connectivity index (χ2n) is 4.08. The fraction of sp³-hybridized carbons (Fsp3) is 0.727. The van der Waals surface area contributed by atoms with Gasteiger partial charge in [0.1, 0.15) is 5.92 Å². The van der Waals surface area contributed by atoms with Crippen LogP contribution in [-0.4, -0.2) is 31.1 Å². The first-order chi connectivity index (χ1) is 7.97. The maximum atomic E-state index is 12.1. The first-order valence-electron chi connectivity index (χ1n) is 5.39. The van der Waals surface area contributed by atoms with E-state index in [2.05, 4.69) is 4.74 Å². The number of methoxy groups -OCH3 is 1. The molecule has 96 valence electrons. The van der Waals surface area contributed by atoms with Gasteiger partial charge < -0.3 is 4.74 Å². The van der Waals surface area contributed by atoms with Crippen molar-refractivity contribution in [2.24, 2.45) is 11.8 Å². The molecule has 0 aromatic heterocycles. The van der Waals surface area contributed by atoms with Crippen molar-refractivity contribution in [2.75, 3.05) is 7.11 Å². The van der Waals surface area contributed by atoms with Crippen LogP contribution in [0.3, 0.4) is 0 Å². The lowest BCUT2D eigenvalue weighted by molar-refractivity contribution is -0.154. The SMILES string of the molecule is COC(=O)C(CC(=O)C(F)F)C(=O)C1CCC1. The van der Waals surface area contributed by atoms with E-state index in [9.17, 15) is 23.2 Å². The lowest BCUT2D eigenvalue weighted by Gasteiger charge is -2.26. The zero-order valence-corrected chi connectivity index (χ0v) is 9.45. The summed E-state index contributed by atoms with van der Waals surface area (Å²) >= 11 is 0. The molecule has 1 fully saturated rings. The molecule has 0 amide bonds. The Labute approximate surface area is 97.3 Å². The summed E-state index contributed by atoms with van der Waals surface area (Å²) in [6, 6.07) is 0. The highest BCUT2D eigenvalue weighted by Gasteiger charge is 2.38. The number of halogens is 2. The number of carbonyl (C=O) groups excluding carboxylic acids is 3. The number of ketones is 2. The molecule has 4 nitrogen and oxygen atoms in total. The highest BCUT2D eigenvalue weighted by molar-refractivity contribution is 6.04. The summed E-state index contributed by atoms with van der Waals surface area (Å²) in [5.74, 6) is -4.41. The second-order valence-corrected chi connectivity index (χ2v) is 4.08. The lowest BCUT2D eigenvalue weighted by Crippen LogP contribution is -2.36. The highest BCUT2D eigenvalue weighted by Crippen LogP contribution is 2.31. The van der Waals surface area contributed by atoms with Gasteiger partial charge in [-0.25, -0.2) is 8.78 Å². The van der Waals surface area contributed by atoms with Crippen molar-refractivity contribution in [3.8, 4) is 0 Å². The van der Waals surface area contributed by atoms with E-state index in [-0.39, 0.29) is 5.92 Å². The number of alkyl halides is 2. The standard InChI is InChI=1S/C11H14F2O4/c1-17-11(16)7(5-8(14)10(12)13)9(15)6-3-2-4-6/h6-7,10H,2-5H2,1H3. The van der Waals surface area contributed by atoms with Crippen LogP contribution in [0.25, 0.3) is 0 Å². The van der Waals surface area contributed by atoms with Crippen molar-refractivity contribution >= 4 is 17.5 Å². The van der Waals surface area contributed by atoms with Gasteiger partial charge in [0.2, 0.25) is 0 Å². The molecule has 1 atom stereocenters. The van der Waals surface area contributed by atoms with Crippen LogP contribution >= 0.6 is 0 Å². The number of hydrogen-bond acceptors (Lipinski definition) is 4. The molecule has 0 bridgehead atoms. The number of esters is 1. The fourth-order valence-electron chi connectivity index (χ4n) is 1.71. The van der Waals surface area contributed by atoms with Crippen LogP contribution in [0.4, 0.5) is 8.78 Å². The molecule has 6 heteroatoms. The van der Waals surface area contributed by atoms with Gasteiger partial charge in [0.05, 0.1) is 7.11 Å². The predicted octanol–water partition coefficient (Wildman–Crippen LogP) is 1.37. The Morgan fingerprint density at radius 3 is 2.24 bits per heavy atom. The summed E-state index contributed by atoms with van der Waals surface area (Å²) in [5, 5.41) is 0. The molecule has 1 saturated carbocycles. The van der Waals surface area contributed by atoms with Gasteiger partial charge in [-0.2, -0.15) is 0 Å². The monoisotopic (exact) mass is 248 g/mol. The summed E-state index contributed by atoms with van der Waals surface area (Å²) in [6.07, 6.45) is -1.74. The largest absolute Gasteiger partial charge is 0.468 e. The first kappa shape index (κ1) is 13.7. The smallest absolute Gasteiger partial charge is 0.316 e. The Balaban J connectivity index is 2.69. The van der Waals surface area contributed by atoms with Crippen LogP contribution in [0.15, 0.2) is 0 Å². The number of rotatable bonds is 6. The van der Waals surface area contributed by atoms with Crippen LogP contribution in [0.5, 0.6) is 0 Å². The molecule has 17 heavy (non-hydrogen) atoms. The van der Waals surface area contributed by atoms with Gasteiger partial charge in [0.15, 0.2) is 11.6 Å². The summed E-state index contributed by atoms with van der Waals surface area (Å²) in [4.78, 5) is 34.0. The van der Waals surface area contributed by atoms with Crippen LogP contribution in [0.1, 0.15) is 25.7 Å². The molecule has 1 aliphatic carbocycles. The van der Waals surface area contributed by atoms with E-state index in [1.165, 1.54) is 0 Å². The maximum Gasteiger partial charge on any atom is 0.316 e. The fourth-order valence-corrected chi connectivity index (χ4v) is 1.71. The Morgan fingerprint density at radius 2 is 1.88 bits per heavy atom. The molecule has 0 saturated heterocycles. The van der Waals surface area contributed by atoms with E-state index in [0.717, 1.165) is 13.5 Å². The molecular formula is C11H14F2O4. The van der Waals surface area contributed by atoms with Crippen LogP contribution in [-0.2, 0) is 19.1 Å². The molecule has 0 N–H and O–H groups in total. The van der Waals surface area contributed by atoms with Crippen molar-refractivity contribution in [1.82, 2.24) is 0 Å². The third-order valence-corrected chi connectivity index (χ3v) is 2.99. The van der Waals surface area contributed by atoms with Gasteiger partial charge in [-0.05, 0) is 12.8 Å². The summed E-state index contributed by atoms with van der Waals surface area (Å²) in [7, 11) is 1.07. The second kappa shape index (κ2) is 5.84. The van der Waals surface area contributed by atoms with Gasteiger partial charge in [-0.1, -0.05) is 6.42 Å². The molecule has 0 aromatic rings. The molecule has 0 aromatic carbocycles. The zero-order valence-electron chi connectivity index (χ0n) is 9.45. The average molecular weight is 248 g/mol. The molecule has 1 rings (SSSR count). The third-order valence-electron chi connectivity index (χ3n) is 2.99. The van der Waals surface area contributed by atoms with E-state index in [1.54, 1.807) is 0 Å². The van der Waals surface area contributed by atoms with Crippen LogP contribution in [0, 0.1) is 11.8 Å². The zero-order chi connectivity index (χ0) is 13.0. The van der Waals surface area contributed by atoms with Crippen molar-refractivity contribution in [1.29, 1.82) is 0 Å². The quantitative estimate of drug-likeness (QED) is 0.526. The van der Waals surface area contributed by atoms with Crippen LogP contribution in [0.2, 0.25) is 0 Å². The maximum absolute atomic E-state index is 12.1. The minimum Gasteiger partial charge on any atom is -0.468 e. The number of carbonyl (C=O) groups is 3. The Hall–Kier alpha value is -1.33. The van der Waals surface area contributed by atoms with Crippen molar-refractivity contribution in [3.05, 3.63) is 0 Å². The van der Waals surface area contributed by atoms with Gasteiger partial charge in [0, 0.05) is 12.3 Å². The molecule has 0 spiro atoms. The first-order valence-corrected chi connectivity index (χ1v) is 5.39. The van der Waals surface area contributed by atoms with E-state index >= 15 is 0 Å².